The maximum Gasteiger partial charge on any atom is 0.326 e. The number of para-hydroxylation sites is 2. The van der Waals surface area contributed by atoms with Crippen LogP contribution in [0.25, 0.3) is 33.3 Å². The van der Waals surface area contributed by atoms with Gasteiger partial charge in [-0.15, -0.1) is 0 Å². The highest BCUT2D eigenvalue weighted by molar-refractivity contribution is 5.94. The third-order valence-corrected chi connectivity index (χ3v) is 5.45. The van der Waals surface area contributed by atoms with E-state index in [2.05, 4.69) is 4.98 Å². The number of hydrogen-bond donors (Lipinski definition) is 0. The van der Waals surface area contributed by atoms with Gasteiger partial charge in [-0.3, -0.25) is 9.59 Å². The molecule has 6 nitrogen and oxygen atoms in total. The monoisotopic (exact) mass is 424 g/mol. The van der Waals surface area contributed by atoms with Crippen LogP contribution < -0.4 is 5.43 Å². The molecule has 158 valence electrons. The van der Waals surface area contributed by atoms with E-state index in [1.807, 2.05) is 71.3 Å². The Balaban J connectivity index is 1.41. The summed E-state index contributed by atoms with van der Waals surface area (Å²) >= 11 is 0. The van der Waals surface area contributed by atoms with Crippen LogP contribution in [0.1, 0.15) is 11.5 Å². The first-order valence-electron chi connectivity index (χ1n) is 10.3. The van der Waals surface area contributed by atoms with Crippen LogP contribution >= 0.6 is 0 Å². The lowest BCUT2D eigenvalue weighted by Crippen LogP contribution is -2.18. The number of aryl methyl sites for hydroxylation is 1. The van der Waals surface area contributed by atoms with Crippen molar-refractivity contribution in [2.24, 2.45) is 0 Å². The summed E-state index contributed by atoms with van der Waals surface area (Å²) in [6.07, 6.45) is 0. The van der Waals surface area contributed by atoms with E-state index in [4.69, 9.17) is 9.15 Å². The molecule has 0 aliphatic carbocycles. The molecule has 0 aliphatic heterocycles. The zero-order chi connectivity index (χ0) is 22.1. The number of aromatic nitrogens is 2. The number of nitrogens with zero attached hydrogens (tertiary/aromatic N) is 2. The molecular formula is C26H20N2O4. The Morgan fingerprint density at radius 1 is 0.906 bits per heavy atom. The summed E-state index contributed by atoms with van der Waals surface area (Å²) in [4.78, 5) is 30.1. The number of esters is 1. The molecule has 2 aromatic heterocycles. The van der Waals surface area contributed by atoms with E-state index in [0.717, 1.165) is 5.56 Å². The summed E-state index contributed by atoms with van der Waals surface area (Å²) in [5.74, 6) is 0.676. The Labute approximate surface area is 183 Å². The molecule has 0 saturated carbocycles. The molecule has 0 bridgehead atoms. The normalized spacial score (nSPS) is 11.2. The Hall–Kier alpha value is -4.19. The first kappa shape index (κ1) is 19.8. The minimum absolute atomic E-state index is 0.0110. The van der Waals surface area contributed by atoms with Crippen LogP contribution in [0.3, 0.4) is 0 Å². The highest BCUT2D eigenvalue weighted by atomic mass is 16.5. The number of carbonyl (C=O) groups is 1. The van der Waals surface area contributed by atoms with Gasteiger partial charge >= 0.3 is 5.97 Å². The largest absolute Gasteiger partial charge is 0.458 e. The Kier molecular flexibility index (Phi) is 5.03. The smallest absolute Gasteiger partial charge is 0.326 e. The van der Waals surface area contributed by atoms with Crippen molar-refractivity contribution in [1.82, 2.24) is 9.55 Å². The molecule has 0 radical (unpaired) electrons. The van der Waals surface area contributed by atoms with E-state index >= 15 is 0 Å². The fraction of sp³-hybridized carbons (Fsp3) is 0.115. The summed E-state index contributed by atoms with van der Waals surface area (Å²) < 4.78 is 13.1. The number of carbonyl (C=O) groups excluding carboxylic acids is 1. The molecule has 3 aromatic carbocycles. The molecule has 0 spiro atoms. The summed E-state index contributed by atoms with van der Waals surface area (Å²) in [5.41, 5.74) is 2.77. The van der Waals surface area contributed by atoms with E-state index < -0.39 is 5.97 Å². The zero-order valence-electron chi connectivity index (χ0n) is 17.4. The number of rotatable bonds is 5. The number of ether oxygens (including phenoxy) is 1. The SMILES string of the molecule is Cc1oc(-c2ccccc2)nc1COC(=O)Cn1c2ccccc2c(=O)c2ccccc21. The van der Waals surface area contributed by atoms with Crippen molar-refractivity contribution in [2.45, 2.75) is 20.1 Å². The maximum atomic E-state index is 12.8. The summed E-state index contributed by atoms with van der Waals surface area (Å²) in [7, 11) is 0. The highest BCUT2D eigenvalue weighted by Gasteiger charge is 2.16. The Morgan fingerprint density at radius 3 is 2.16 bits per heavy atom. The minimum Gasteiger partial charge on any atom is -0.458 e. The molecule has 0 saturated heterocycles. The molecule has 0 amide bonds. The number of fused-ring (bicyclic) bond motifs is 2. The number of hydrogen-bond acceptors (Lipinski definition) is 5. The van der Waals surface area contributed by atoms with Crippen molar-refractivity contribution in [1.29, 1.82) is 0 Å². The summed E-state index contributed by atoms with van der Waals surface area (Å²) in [5, 5.41) is 1.14. The zero-order valence-corrected chi connectivity index (χ0v) is 17.4. The van der Waals surface area contributed by atoms with Crippen molar-refractivity contribution < 1.29 is 13.9 Å². The second kappa shape index (κ2) is 8.15. The van der Waals surface area contributed by atoms with E-state index in [1.54, 1.807) is 19.1 Å². The van der Waals surface area contributed by atoms with Crippen LogP contribution in [0.15, 0.2) is 88.1 Å². The van der Waals surface area contributed by atoms with Gasteiger partial charge in [0, 0.05) is 16.3 Å². The van der Waals surface area contributed by atoms with E-state index in [0.29, 0.717) is 39.2 Å². The topological polar surface area (TPSA) is 74.3 Å². The van der Waals surface area contributed by atoms with Gasteiger partial charge in [0.05, 0.1) is 11.0 Å². The van der Waals surface area contributed by atoms with Gasteiger partial charge < -0.3 is 13.7 Å². The molecular weight excluding hydrogens is 404 g/mol. The quantitative estimate of drug-likeness (QED) is 0.297. The molecule has 0 unspecified atom stereocenters. The standard InChI is InChI=1S/C26H20N2O4/c1-17-21(27-26(32-17)18-9-3-2-4-10-18)16-31-24(29)15-28-22-13-7-5-11-19(22)25(30)20-12-6-8-14-23(20)28/h2-14H,15-16H2,1H3. The second-order valence-electron chi connectivity index (χ2n) is 7.50. The molecule has 32 heavy (non-hydrogen) atoms. The van der Waals surface area contributed by atoms with Crippen LogP contribution in [-0.2, 0) is 22.7 Å². The summed E-state index contributed by atoms with van der Waals surface area (Å²) in [6.45, 7) is 1.78. The lowest BCUT2D eigenvalue weighted by atomic mass is 10.1. The van der Waals surface area contributed by atoms with Crippen LogP contribution in [-0.4, -0.2) is 15.5 Å². The number of pyridine rings is 1. The van der Waals surface area contributed by atoms with Crippen LogP contribution in [0.2, 0.25) is 0 Å². The van der Waals surface area contributed by atoms with Crippen LogP contribution in [0, 0.1) is 6.92 Å². The Morgan fingerprint density at radius 2 is 1.50 bits per heavy atom. The maximum absolute atomic E-state index is 12.8. The first-order valence-corrected chi connectivity index (χ1v) is 10.3. The lowest BCUT2D eigenvalue weighted by molar-refractivity contribution is -0.145. The van der Waals surface area contributed by atoms with Gasteiger partial charge in [-0.2, -0.15) is 0 Å². The Bertz CT molecular complexity index is 1440. The molecule has 6 heteroatoms. The third kappa shape index (κ3) is 3.56. The van der Waals surface area contributed by atoms with Crippen LogP contribution in [0.5, 0.6) is 0 Å². The average molecular weight is 424 g/mol. The molecule has 2 heterocycles. The molecule has 0 aliphatic rings. The minimum atomic E-state index is -0.424. The van der Waals surface area contributed by atoms with Crippen molar-refractivity contribution >= 4 is 27.8 Å². The van der Waals surface area contributed by atoms with Gasteiger partial charge in [0.1, 0.15) is 24.6 Å². The molecule has 0 atom stereocenters. The van der Waals surface area contributed by atoms with Crippen molar-refractivity contribution in [3.8, 4) is 11.5 Å². The molecule has 5 aromatic rings. The van der Waals surface area contributed by atoms with E-state index in [-0.39, 0.29) is 18.6 Å². The van der Waals surface area contributed by atoms with E-state index in [9.17, 15) is 9.59 Å². The summed E-state index contributed by atoms with van der Waals surface area (Å²) in [6, 6.07) is 24.1. The average Bonchev–Trinajstić information content (AvgIpc) is 3.21. The van der Waals surface area contributed by atoms with Crippen molar-refractivity contribution in [2.75, 3.05) is 0 Å². The fourth-order valence-corrected chi connectivity index (χ4v) is 3.84. The van der Waals surface area contributed by atoms with Gasteiger partial charge in [-0.25, -0.2) is 4.98 Å². The van der Waals surface area contributed by atoms with Gasteiger partial charge in [0.15, 0.2) is 5.43 Å². The predicted octanol–water partition coefficient (Wildman–Crippen LogP) is 4.86. The van der Waals surface area contributed by atoms with Crippen molar-refractivity contribution in [3.63, 3.8) is 0 Å². The lowest BCUT2D eigenvalue weighted by Gasteiger charge is -2.14. The first-order chi connectivity index (χ1) is 15.6. The van der Waals surface area contributed by atoms with Gasteiger partial charge in [0.25, 0.3) is 0 Å². The molecule has 0 fully saturated rings. The van der Waals surface area contributed by atoms with E-state index in [1.165, 1.54) is 0 Å². The van der Waals surface area contributed by atoms with Crippen molar-refractivity contribution in [3.05, 3.63) is 101 Å². The number of oxazole rings is 1. The van der Waals surface area contributed by atoms with Gasteiger partial charge in [-0.1, -0.05) is 42.5 Å². The number of benzene rings is 3. The highest BCUT2D eigenvalue weighted by Crippen LogP contribution is 2.22. The third-order valence-electron chi connectivity index (χ3n) is 5.45. The van der Waals surface area contributed by atoms with Gasteiger partial charge in [-0.05, 0) is 43.3 Å². The predicted molar refractivity (Wildman–Crippen MR) is 122 cm³/mol. The van der Waals surface area contributed by atoms with Gasteiger partial charge in [0.2, 0.25) is 5.89 Å². The molecule has 0 N–H and O–H groups in total. The second-order valence-corrected chi connectivity index (χ2v) is 7.50. The fourth-order valence-electron chi connectivity index (χ4n) is 3.84. The van der Waals surface area contributed by atoms with Crippen LogP contribution in [0.4, 0.5) is 0 Å². The molecule has 5 rings (SSSR count).